The van der Waals surface area contributed by atoms with Crippen LogP contribution in [0.15, 0.2) is 76.2 Å². The number of hydrogen-bond donors (Lipinski definition) is 2. The molecule has 0 radical (unpaired) electrons. The zero-order chi connectivity index (χ0) is 21.1. The van der Waals surface area contributed by atoms with Crippen molar-refractivity contribution in [1.29, 1.82) is 0 Å². The highest BCUT2D eigenvalue weighted by atomic mass is 79.9. The van der Waals surface area contributed by atoms with Crippen molar-refractivity contribution >= 4 is 21.6 Å². The van der Waals surface area contributed by atoms with E-state index in [1.807, 2.05) is 60.7 Å². The molecule has 0 aromatic heterocycles. The van der Waals surface area contributed by atoms with Gasteiger partial charge in [0.2, 0.25) is 0 Å². The molecule has 0 spiro atoms. The summed E-state index contributed by atoms with van der Waals surface area (Å²) in [5, 5.41) is 14.1. The summed E-state index contributed by atoms with van der Waals surface area (Å²) in [6, 6.07) is 21.2. The number of methoxy groups -OCH3 is 2. The minimum absolute atomic E-state index is 0.103. The van der Waals surface area contributed by atoms with Crippen molar-refractivity contribution in [3.05, 3.63) is 87.9 Å². The smallest absolute Gasteiger partial charge is 0.126 e. The zero-order valence-corrected chi connectivity index (χ0v) is 18.4. The van der Waals surface area contributed by atoms with E-state index in [1.165, 1.54) is 0 Å². The van der Waals surface area contributed by atoms with Crippen LogP contribution in [0.5, 0.6) is 17.2 Å². The van der Waals surface area contributed by atoms with Gasteiger partial charge >= 0.3 is 0 Å². The molecule has 1 heterocycles. The molecule has 1 aliphatic rings. The lowest BCUT2D eigenvalue weighted by atomic mass is 9.93. The molecule has 3 aromatic carbocycles. The fourth-order valence-electron chi connectivity index (χ4n) is 3.64. The summed E-state index contributed by atoms with van der Waals surface area (Å²) in [6.45, 7) is 0. The number of halogens is 1. The minimum atomic E-state index is -0.255. The predicted molar refractivity (Wildman–Crippen MR) is 122 cm³/mol. The minimum Gasteiger partial charge on any atom is -0.508 e. The van der Waals surface area contributed by atoms with Crippen molar-refractivity contribution < 1.29 is 14.6 Å². The van der Waals surface area contributed by atoms with Gasteiger partial charge in [0.1, 0.15) is 23.4 Å². The van der Waals surface area contributed by atoms with Crippen LogP contribution in [0.25, 0.3) is 0 Å². The Morgan fingerprint density at radius 3 is 2.47 bits per heavy atom. The number of rotatable bonds is 5. The molecule has 0 aliphatic carbocycles. The van der Waals surface area contributed by atoms with Crippen molar-refractivity contribution in [1.82, 2.24) is 5.32 Å². The highest BCUT2D eigenvalue weighted by Gasteiger charge is 2.28. The third kappa shape index (κ3) is 4.35. The van der Waals surface area contributed by atoms with Gasteiger partial charge in [0.15, 0.2) is 0 Å². The molecule has 0 amide bonds. The number of phenolic OH excluding ortho intramolecular Hbond substituents is 1. The topological polar surface area (TPSA) is 63.1 Å². The molecule has 0 bridgehead atoms. The van der Waals surface area contributed by atoms with E-state index in [-0.39, 0.29) is 18.0 Å². The molecule has 3 aromatic rings. The van der Waals surface area contributed by atoms with Crippen LogP contribution in [0.2, 0.25) is 0 Å². The highest BCUT2D eigenvalue weighted by Crippen LogP contribution is 2.36. The molecule has 0 unspecified atom stereocenters. The van der Waals surface area contributed by atoms with Crippen molar-refractivity contribution in [3.63, 3.8) is 0 Å². The quantitative estimate of drug-likeness (QED) is 0.528. The molecular weight excluding hydrogens is 444 g/mol. The summed E-state index contributed by atoms with van der Waals surface area (Å²) in [7, 11) is 3.31. The molecule has 1 aliphatic heterocycles. The summed E-state index contributed by atoms with van der Waals surface area (Å²) >= 11 is 3.52. The molecule has 2 atom stereocenters. The second-order valence-corrected chi connectivity index (χ2v) is 8.03. The zero-order valence-electron chi connectivity index (χ0n) is 16.8. The summed E-state index contributed by atoms with van der Waals surface area (Å²) in [5.74, 6) is 1.85. The van der Waals surface area contributed by atoms with Gasteiger partial charge in [-0.05, 0) is 53.6 Å². The van der Waals surface area contributed by atoms with Crippen LogP contribution < -0.4 is 14.8 Å². The van der Waals surface area contributed by atoms with Gasteiger partial charge in [-0.15, -0.1) is 0 Å². The van der Waals surface area contributed by atoms with Gasteiger partial charge in [-0.25, -0.2) is 0 Å². The fourth-order valence-corrected chi connectivity index (χ4v) is 4.02. The van der Waals surface area contributed by atoms with Crippen molar-refractivity contribution in [2.45, 2.75) is 18.6 Å². The third-order valence-corrected chi connectivity index (χ3v) is 5.73. The lowest BCUT2D eigenvalue weighted by molar-refractivity contribution is 0.407. The third-order valence-electron chi connectivity index (χ3n) is 5.24. The van der Waals surface area contributed by atoms with Crippen LogP contribution in [-0.4, -0.2) is 25.0 Å². The average molecular weight is 467 g/mol. The number of nitrogens with zero attached hydrogens (tertiary/aromatic N) is 1. The lowest BCUT2D eigenvalue weighted by Gasteiger charge is -2.31. The van der Waals surface area contributed by atoms with Crippen molar-refractivity contribution in [3.8, 4) is 17.2 Å². The van der Waals surface area contributed by atoms with Crippen LogP contribution in [0, 0.1) is 0 Å². The number of hydrogen-bond acceptors (Lipinski definition) is 5. The Labute approximate surface area is 184 Å². The highest BCUT2D eigenvalue weighted by molar-refractivity contribution is 9.10. The van der Waals surface area contributed by atoms with Crippen LogP contribution in [0.3, 0.4) is 0 Å². The van der Waals surface area contributed by atoms with Crippen LogP contribution in [-0.2, 0) is 0 Å². The van der Waals surface area contributed by atoms with Crippen LogP contribution >= 0.6 is 15.9 Å². The SMILES string of the molecule is COc1ccc([C@H]2N=C(c3cccc(OC)c3)C[C@@H](c3cc(Br)ccc3O)N2)cc1. The van der Waals surface area contributed by atoms with E-state index in [0.29, 0.717) is 6.42 Å². The van der Waals surface area contributed by atoms with Gasteiger partial charge in [-0.1, -0.05) is 40.2 Å². The van der Waals surface area contributed by atoms with Crippen LogP contribution in [0.1, 0.15) is 35.3 Å². The van der Waals surface area contributed by atoms with E-state index in [1.54, 1.807) is 20.3 Å². The van der Waals surface area contributed by atoms with Gasteiger partial charge in [-0.3, -0.25) is 10.3 Å². The maximum atomic E-state index is 10.5. The summed E-state index contributed by atoms with van der Waals surface area (Å²) in [4.78, 5) is 5.00. The molecular formula is C24H23BrN2O3. The predicted octanol–water partition coefficient (Wildman–Crippen LogP) is 5.39. The number of aromatic hydroxyl groups is 1. The largest absolute Gasteiger partial charge is 0.508 e. The first kappa shape index (κ1) is 20.4. The first-order chi connectivity index (χ1) is 14.6. The Bertz CT molecular complexity index is 1070. The fraction of sp³-hybridized carbons (Fsp3) is 0.208. The Kier molecular flexibility index (Phi) is 6.06. The summed E-state index contributed by atoms with van der Waals surface area (Å²) in [5.41, 5.74) is 3.82. The Morgan fingerprint density at radius 2 is 1.73 bits per heavy atom. The second-order valence-electron chi connectivity index (χ2n) is 7.11. The van der Waals surface area contributed by atoms with Gasteiger partial charge in [0.25, 0.3) is 0 Å². The van der Waals surface area contributed by atoms with Gasteiger partial charge in [-0.2, -0.15) is 0 Å². The van der Waals surface area contributed by atoms with E-state index in [0.717, 1.165) is 38.4 Å². The van der Waals surface area contributed by atoms with Gasteiger partial charge in [0.05, 0.1) is 14.2 Å². The maximum absolute atomic E-state index is 10.5. The first-order valence-corrected chi connectivity index (χ1v) is 10.5. The maximum Gasteiger partial charge on any atom is 0.126 e. The summed E-state index contributed by atoms with van der Waals surface area (Å²) < 4.78 is 11.6. The molecule has 4 rings (SSSR count). The molecule has 30 heavy (non-hydrogen) atoms. The molecule has 0 saturated heterocycles. The molecule has 5 nitrogen and oxygen atoms in total. The number of phenols is 1. The van der Waals surface area contributed by atoms with Crippen molar-refractivity contribution in [2.75, 3.05) is 14.2 Å². The van der Waals surface area contributed by atoms with E-state index in [9.17, 15) is 5.11 Å². The van der Waals surface area contributed by atoms with E-state index < -0.39 is 0 Å². The molecule has 0 fully saturated rings. The number of ether oxygens (including phenoxy) is 2. The normalized spacial score (nSPS) is 18.6. The molecule has 0 saturated carbocycles. The average Bonchev–Trinajstić information content (AvgIpc) is 2.80. The number of nitrogens with one attached hydrogen (secondary N) is 1. The van der Waals surface area contributed by atoms with E-state index in [4.69, 9.17) is 14.5 Å². The van der Waals surface area contributed by atoms with Crippen molar-refractivity contribution in [2.24, 2.45) is 4.99 Å². The molecule has 154 valence electrons. The Morgan fingerprint density at radius 1 is 0.967 bits per heavy atom. The molecule has 6 heteroatoms. The monoisotopic (exact) mass is 466 g/mol. The Hall–Kier alpha value is -2.83. The second kappa shape index (κ2) is 8.90. The van der Waals surface area contributed by atoms with Gasteiger partial charge < -0.3 is 14.6 Å². The number of benzene rings is 3. The van der Waals surface area contributed by atoms with E-state index in [2.05, 4.69) is 21.2 Å². The lowest BCUT2D eigenvalue weighted by Crippen LogP contribution is -2.33. The van der Waals surface area contributed by atoms with Crippen LogP contribution in [0.4, 0.5) is 0 Å². The standard InChI is InChI=1S/C24H23BrN2O3/c1-29-18-9-6-15(7-10-18)24-26-21(16-4-3-5-19(12-16)30-2)14-22(27-24)20-13-17(25)8-11-23(20)28/h3-13,22,24,27-28H,14H2,1-2H3/t22-,24-/m0/s1. The van der Waals surface area contributed by atoms with E-state index >= 15 is 0 Å². The summed E-state index contributed by atoms with van der Waals surface area (Å²) in [6.07, 6.45) is 0.387. The molecule has 2 N–H and O–H groups in total. The Balaban J connectivity index is 1.76. The number of aliphatic imine (C=N–C) groups is 1. The van der Waals surface area contributed by atoms with Gasteiger partial charge in [0, 0.05) is 28.2 Å². The first-order valence-electron chi connectivity index (χ1n) is 9.67.